The molecule has 5 rings (SSSR count). The lowest BCUT2D eigenvalue weighted by molar-refractivity contribution is 0.391. The Hall–Kier alpha value is -3.49. The molecule has 0 radical (unpaired) electrons. The number of halogens is 1. The third kappa shape index (κ3) is 4.56. The van der Waals surface area contributed by atoms with Crippen molar-refractivity contribution in [1.29, 1.82) is 0 Å². The number of pyridine rings is 1. The van der Waals surface area contributed by atoms with Gasteiger partial charge in [-0.15, -0.1) is 10.2 Å². The molecule has 3 aromatic heterocycles. The summed E-state index contributed by atoms with van der Waals surface area (Å²) in [6, 6.07) is 21.4. The Kier molecular flexibility index (Phi) is 5.96. The summed E-state index contributed by atoms with van der Waals surface area (Å²) < 4.78 is 7.51. The minimum absolute atomic E-state index is 0.466. The molecule has 0 aliphatic heterocycles. The lowest BCUT2D eigenvalue weighted by Gasteiger charge is -2.10. The number of benzene rings is 2. The van der Waals surface area contributed by atoms with Gasteiger partial charge in [-0.05, 0) is 29.8 Å². The van der Waals surface area contributed by atoms with Crippen molar-refractivity contribution in [3.8, 4) is 22.8 Å². The quantitative estimate of drug-likeness (QED) is 0.301. The lowest BCUT2D eigenvalue weighted by atomic mass is 10.2. The van der Waals surface area contributed by atoms with E-state index in [0.717, 1.165) is 27.7 Å². The van der Waals surface area contributed by atoms with Gasteiger partial charge in [0.15, 0.2) is 11.0 Å². The zero-order valence-corrected chi connectivity index (χ0v) is 18.4. The van der Waals surface area contributed by atoms with Gasteiger partial charge in [0, 0.05) is 28.5 Å². The molecule has 0 fully saturated rings. The Morgan fingerprint density at radius 1 is 0.938 bits per heavy atom. The summed E-state index contributed by atoms with van der Waals surface area (Å²) in [6.45, 7) is 0.637. The van der Waals surface area contributed by atoms with Crippen molar-refractivity contribution in [1.82, 2.24) is 29.9 Å². The van der Waals surface area contributed by atoms with Crippen LogP contribution in [0.1, 0.15) is 11.5 Å². The van der Waals surface area contributed by atoms with Crippen molar-refractivity contribution in [3.63, 3.8) is 0 Å². The topological polar surface area (TPSA) is 82.5 Å². The molecule has 0 amide bonds. The first kappa shape index (κ1) is 20.4. The predicted octanol–water partition coefficient (Wildman–Crippen LogP) is 5.38. The van der Waals surface area contributed by atoms with E-state index in [9.17, 15) is 0 Å². The highest BCUT2D eigenvalue weighted by Crippen LogP contribution is 2.28. The van der Waals surface area contributed by atoms with Crippen LogP contribution in [0.3, 0.4) is 0 Å². The fourth-order valence-electron chi connectivity index (χ4n) is 3.20. The first-order valence-electron chi connectivity index (χ1n) is 9.85. The molecule has 0 N–H and O–H groups in total. The average Bonchev–Trinajstić information content (AvgIpc) is 3.46. The molecule has 0 aliphatic rings. The Morgan fingerprint density at radius 2 is 1.81 bits per heavy atom. The van der Waals surface area contributed by atoms with Crippen molar-refractivity contribution in [2.75, 3.05) is 0 Å². The zero-order chi connectivity index (χ0) is 21.8. The van der Waals surface area contributed by atoms with Crippen LogP contribution in [0, 0.1) is 0 Å². The van der Waals surface area contributed by atoms with Gasteiger partial charge in [0.05, 0.1) is 12.3 Å². The molecule has 0 atom stereocenters. The molecule has 7 nitrogen and oxygen atoms in total. The molecule has 0 saturated heterocycles. The van der Waals surface area contributed by atoms with Crippen LogP contribution < -0.4 is 0 Å². The Bertz CT molecular complexity index is 1320. The zero-order valence-electron chi connectivity index (χ0n) is 16.8. The van der Waals surface area contributed by atoms with E-state index in [1.165, 1.54) is 11.8 Å². The van der Waals surface area contributed by atoms with Crippen LogP contribution in [-0.2, 0) is 12.3 Å². The molecule has 0 bridgehead atoms. The second kappa shape index (κ2) is 9.33. The third-order valence-electron chi connectivity index (χ3n) is 4.70. The molecule has 158 valence electrons. The highest BCUT2D eigenvalue weighted by Gasteiger charge is 2.17. The van der Waals surface area contributed by atoms with Crippen LogP contribution in [0.5, 0.6) is 0 Å². The minimum atomic E-state index is 0.466. The summed E-state index contributed by atoms with van der Waals surface area (Å²) in [5, 5.41) is 14.3. The van der Waals surface area contributed by atoms with Crippen molar-refractivity contribution >= 4 is 23.4 Å². The van der Waals surface area contributed by atoms with Crippen molar-refractivity contribution < 1.29 is 4.52 Å². The van der Waals surface area contributed by atoms with Gasteiger partial charge in [-0.2, -0.15) is 4.98 Å². The Balaban J connectivity index is 1.39. The molecule has 5 aromatic rings. The van der Waals surface area contributed by atoms with Gasteiger partial charge in [-0.1, -0.05) is 71.0 Å². The smallest absolute Gasteiger partial charge is 0.237 e. The van der Waals surface area contributed by atoms with E-state index in [-0.39, 0.29) is 0 Å². The van der Waals surface area contributed by atoms with E-state index in [0.29, 0.717) is 29.0 Å². The summed E-state index contributed by atoms with van der Waals surface area (Å²) in [4.78, 5) is 8.71. The summed E-state index contributed by atoms with van der Waals surface area (Å²) >= 11 is 7.56. The second-order valence-corrected chi connectivity index (χ2v) is 8.31. The van der Waals surface area contributed by atoms with Crippen molar-refractivity contribution in [2.45, 2.75) is 17.5 Å². The monoisotopic (exact) mass is 460 g/mol. The van der Waals surface area contributed by atoms with Gasteiger partial charge in [0.2, 0.25) is 11.7 Å². The molecule has 0 unspecified atom stereocenters. The lowest BCUT2D eigenvalue weighted by Crippen LogP contribution is -2.04. The molecular formula is C23H17ClN6OS. The summed E-state index contributed by atoms with van der Waals surface area (Å²) in [5.74, 6) is 2.23. The first-order chi connectivity index (χ1) is 15.8. The Morgan fingerprint density at radius 3 is 2.62 bits per heavy atom. The number of nitrogens with zero attached hydrogens (tertiary/aromatic N) is 6. The maximum absolute atomic E-state index is 6.07. The first-order valence-corrected chi connectivity index (χ1v) is 11.2. The fraction of sp³-hybridized carbons (Fsp3) is 0.0870. The molecule has 0 aliphatic carbocycles. The Labute approximate surface area is 193 Å². The minimum Gasteiger partial charge on any atom is -0.338 e. The van der Waals surface area contributed by atoms with E-state index < -0.39 is 0 Å². The van der Waals surface area contributed by atoms with E-state index in [1.807, 2.05) is 42.5 Å². The number of aromatic nitrogens is 6. The number of rotatable bonds is 7. The number of hydrogen-bond acceptors (Lipinski definition) is 7. The van der Waals surface area contributed by atoms with Crippen LogP contribution in [-0.4, -0.2) is 29.9 Å². The standard InChI is InChI=1S/C23H17ClN6OS/c24-19-10-4-8-17(12-19)21-26-20(31-29-21)15-32-23-28-27-22(18-9-5-11-25-13-18)30(23)14-16-6-2-1-3-7-16/h1-13H,14-15H2. The van der Waals surface area contributed by atoms with Crippen molar-refractivity contribution in [3.05, 3.63) is 95.6 Å². The van der Waals surface area contributed by atoms with Crippen LogP contribution in [0.15, 0.2) is 88.8 Å². The van der Waals surface area contributed by atoms with Crippen molar-refractivity contribution in [2.24, 2.45) is 0 Å². The van der Waals surface area contributed by atoms with Gasteiger partial charge in [-0.3, -0.25) is 9.55 Å². The molecule has 0 saturated carbocycles. The summed E-state index contributed by atoms with van der Waals surface area (Å²) in [7, 11) is 0. The average molecular weight is 461 g/mol. The fourth-order valence-corrected chi connectivity index (χ4v) is 4.16. The van der Waals surface area contributed by atoms with E-state index in [1.54, 1.807) is 24.5 Å². The van der Waals surface area contributed by atoms with E-state index in [2.05, 4.69) is 42.0 Å². The van der Waals surface area contributed by atoms with E-state index in [4.69, 9.17) is 16.1 Å². The summed E-state index contributed by atoms with van der Waals surface area (Å²) in [6.07, 6.45) is 3.53. The van der Waals surface area contributed by atoms with Gasteiger partial charge < -0.3 is 4.52 Å². The van der Waals surface area contributed by atoms with E-state index >= 15 is 0 Å². The molecular weight excluding hydrogens is 444 g/mol. The second-order valence-electron chi connectivity index (χ2n) is 6.93. The van der Waals surface area contributed by atoms with Gasteiger partial charge in [0.25, 0.3) is 0 Å². The van der Waals surface area contributed by atoms with Gasteiger partial charge >= 0.3 is 0 Å². The molecule has 0 spiro atoms. The third-order valence-corrected chi connectivity index (χ3v) is 5.88. The number of thioether (sulfide) groups is 1. The molecule has 9 heteroatoms. The molecule has 32 heavy (non-hydrogen) atoms. The van der Waals surface area contributed by atoms with Crippen LogP contribution in [0.2, 0.25) is 5.02 Å². The number of hydrogen-bond donors (Lipinski definition) is 0. The largest absolute Gasteiger partial charge is 0.338 e. The highest BCUT2D eigenvalue weighted by molar-refractivity contribution is 7.98. The van der Waals surface area contributed by atoms with Crippen LogP contribution in [0.25, 0.3) is 22.8 Å². The van der Waals surface area contributed by atoms with Gasteiger partial charge in [0.1, 0.15) is 0 Å². The highest BCUT2D eigenvalue weighted by atomic mass is 35.5. The summed E-state index contributed by atoms with van der Waals surface area (Å²) in [5.41, 5.74) is 2.87. The maximum Gasteiger partial charge on any atom is 0.237 e. The maximum atomic E-state index is 6.07. The van der Waals surface area contributed by atoms with Crippen LogP contribution >= 0.6 is 23.4 Å². The SMILES string of the molecule is Clc1cccc(-c2noc(CSc3nnc(-c4cccnc4)n3Cc3ccccc3)n2)c1. The van der Waals surface area contributed by atoms with Crippen LogP contribution in [0.4, 0.5) is 0 Å². The molecule has 2 aromatic carbocycles. The predicted molar refractivity (Wildman–Crippen MR) is 123 cm³/mol. The van der Waals surface area contributed by atoms with Gasteiger partial charge in [-0.25, -0.2) is 0 Å². The molecule has 3 heterocycles. The normalized spacial score (nSPS) is 11.0.